The van der Waals surface area contributed by atoms with Crippen LogP contribution in [0.25, 0.3) is 88.7 Å². The Morgan fingerprint density at radius 2 is 0.765 bits per heavy atom. The maximum Gasteiger partial charge on any atom is 0.164 e. The lowest BCUT2D eigenvalue weighted by Gasteiger charge is -2.33. The summed E-state index contributed by atoms with van der Waals surface area (Å²) in [5.74, 6) is 1.92. The summed E-state index contributed by atoms with van der Waals surface area (Å²) in [6.07, 6.45) is 0. The van der Waals surface area contributed by atoms with E-state index in [4.69, 9.17) is 15.0 Å². The molecular formula is C64H40N4. The summed E-state index contributed by atoms with van der Waals surface area (Å²) in [6.45, 7) is 0. The van der Waals surface area contributed by atoms with Crippen LogP contribution in [-0.2, 0) is 5.41 Å². The zero-order chi connectivity index (χ0) is 44.8. The highest BCUT2D eigenvalue weighted by molar-refractivity contribution is 6.28. The standard InChI is InChI=1S/C64H40N4/c1-5-21-41(22-6-1)61-65-62(42-23-7-2-8-24-42)67-63(66-61)54-40-53-46-29-13-15-32-50(46)58-52-34-18-20-36-56(52)64(60(58)59(53)51-33-16-14-30-47(51)54)55-35-19-17-31-48(55)49-38-37-45(39-57(49)64)68(43-25-9-3-10-26-43)44-27-11-4-12-28-44/h1-40H. The Hall–Kier alpha value is -8.99. The molecule has 0 fully saturated rings. The minimum atomic E-state index is -0.659. The lowest BCUT2D eigenvalue weighted by Crippen LogP contribution is -2.26. The number of rotatable bonds is 6. The number of hydrogen-bond donors (Lipinski definition) is 0. The molecule has 14 rings (SSSR count). The molecule has 0 radical (unpaired) electrons. The summed E-state index contributed by atoms with van der Waals surface area (Å²) in [5.41, 5.74) is 15.8. The average molecular weight is 865 g/mol. The monoisotopic (exact) mass is 864 g/mol. The van der Waals surface area contributed by atoms with E-state index in [1.165, 1.54) is 66.1 Å². The molecule has 0 bridgehead atoms. The smallest absolute Gasteiger partial charge is 0.164 e. The van der Waals surface area contributed by atoms with E-state index in [1.54, 1.807) is 0 Å². The predicted molar refractivity (Wildman–Crippen MR) is 280 cm³/mol. The van der Waals surface area contributed by atoms with E-state index in [2.05, 4.69) is 211 Å². The lowest BCUT2D eigenvalue weighted by atomic mass is 9.68. The first-order valence-electron chi connectivity index (χ1n) is 23.3. The second-order valence-corrected chi connectivity index (χ2v) is 17.8. The van der Waals surface area contributed by atoms with Crippen LogP contribution < -0.4 is 4.90 Å². The van der Waals surface area contributed by atoms with Crippen molar-refractivity contribution in [1.82, 2.24) is 15.0 Å². The van der Waals surface area contributed by atoms with Gasteiger partial charge < -0.3 is 4.90 Å². The van der Waals surface area contributed by atoms with Gasteiger partial charge in [-0.2, -0.15) is 0 Å². The van der Waals surface area contributed by atoms with E-state index >= 15 is 0 Å². The number of aromatic nitrogens is 3. The Kier molecular flexibility index (Phi) is 8.46. The second kappa shape index (κ2) is 15.0. The van der Waals surface area contributed by atoms with Crippen LogP contribution in [0, 0.1) is 0 Å². The van der Waals surface area contributed by atoms with Gasteiger partial charge in [0.25, 0.3) is 0 Å². The van der Waals surface area contributed by atoms with Crippen molar-refractivity contribution in [1.29, 1.82) is 0 Å². The SMILES string of the molecule is c1ccc(-c2nc(-c3ccccc3)nc(-c3cc4c5ccccc5c5c(c4c4ccccc34)C3(c4ccccc4-c4ccc(N(c6ccccc6)c6ccccc6)cc43)c3ccccc3-5)n2)cc1. The van der Waals surface area contributed by atoms with Gasteiger partial charge in [-0.3, -0.25) is 0 Å². The van der Waals surface area contributed by atoms with Gasteiger partial charge in [-0.25, -0.2) is 15.0 Å². The van der Waals surface area contributed by atoms with E-state index in [0.717, 1.165) is 44.5 Å². The van der Waals surface area contributed by atoms with E-state index < -0.39 is 5.41 Å². The number of nitrogens with zero attached hydrogens (tertiary/aromatic N) is 4. The molecule has 1 atom stereocenters. The molecule has 0 amide bonds. The lowest BCUT2D eigenvalue weighted by molar-refractivity contribution is 0.802. The predicted octanol–water partition coefficient (Wildman–Crippen LogP) is 16.1. The molecule has 4 nitrogen and oxygen atoms in total. The topological polar surface area (TPSA) is 41.9 Å². The summed E-state index contributed by atoms with van der Waals surface area (Å²) < 4.78 is 0. The van der Waals surface area contributed by atoms with Gasteiger partial charge in [0.05, 0.1) is 5.41 Å². The maximum absolute atomic E-state index is 5.32. The van der Waals surface area contributed by atoms with E-state index in [-0.39, 0.29) is 0 Å². The van der Waals surface area contributed by atoms with Crippen molar-refractivity contribution < 1.29 is 0 Å². The molecule has 2 aliphatic carbocycles. The summed E-state index contributed by atoms with van der Waals surface area (Å²) in [5, 5.41) is 7.08. The highest BCUT2D eigenvalue weighted by Gasteiger charge is 2.53. The van der Waals surface area contributed by atoms with Gasteiger partial charge in [-0.05, 0) is 119 Å². The summed E-state index contributed by atoms with van der Waals surface area (Å²) >= 11 is 0. The second-order valence-electron chi connectivity index (χ2n) is 17.8. The van der Waals surface area contributed by atoms with Crippen molar-refractivity contribution in [2.75, 3.05) is 4.90 Å². The molecule has 0 N–H and O–H groups in total. The van der Waals surface area contributed by atoms with Crippen LogP contribution in [0.4, 0.5) is 17.1 Å². The number of benzene rings is 11. The molecule has 1 aromatic heterocycles. The molecule has 11 aromatic carbocycles. The Morgan fingerprint density at radius 3 is 1.40 bits per heavy atom. The first-order valence-corrected chi connectivity index (χ1v) is 23.3. The fourth-order valence-corrected chi connectivity index (χ4v) is 11.6. The largest absolute Gasteiger partial charge is 0.310 e. The molecular weight excluding hydrogens is 825 g/mol. The zero-order valence-corrected chi connectivity index (χ0v) is 36.9. The Bertz CT molecular complexity index is 3870. The van der Waals surface area contributed by atoms with Crippen LogP contribution in [0.3, 0.4) is 0 Å². The molecule has 0 saturated heterocycles. The molecule has 68 heavy (non-hydrogen) atoms. The fourth-order valence-electron chi connectivity index (χ4n) is 11.6. The fraction of sp³-hybridized carbons (Fsp3) is 0.0156. The van der Waals surface area contributed by atoms with Crippen LogP contribution in [0.1, 0.15) is 22.3 Å². The molecule has 1 unspecified atom stereocenters. The molecule has 2 aliphatic rings. The van der Waals surface area contributed by atoms with Gasteiger partial charge in [0.1, 0.15) is 0 Å². The van der Waals surface area contributed by atoms with E-state index in [9.17, 15) is 0 Å². The van der Waals surface area contributed by atoms with E-state index in [1.807, 2.05) is 36.4 Å². The highest BCUT2D eigenvalue weighted by Crippen LogP contribution is 2.66. The van der Waals surface area contributed by atoms with E-state index in [0.29, 0.717) is 17.5 Å². The molecule has 0 saturated carbocycles. The van der Waals surface area contributed by atoms with Gasteiger partial charge >= 0.3 is 0 Å². The van der Waals surface area contributed by atoms with Crippen LogP contribution in [0.5, 0.6) is 0 Å². The van der Waals surface area contributed by atoms with Crippen molar-refractivity contribution in [2.24, 2.45) is 0 Å². The van der Waals surface area contributed by atoms with Gasteiger partial charge in [0, 0.05) is 33.8 Å². The third-order valence-electron chi connectivity index (χ3n) is 14.3. The third kappa shape index (κ3) is 5.52. The quantitative estimate of drug-likeness (QED) is 0.156. The number of fused-ring (bicyclic) bond motifs is 17. The Morgan fingerprint density at radius 1 is 0.294 bits per heavy atom. The van der Waals surface area contributed by atoms with Gasteiger partial charge in [0.2, 0.25) is 0 Å². The first kappa shape index (κ1) is 38.3. The normalized spacial score (nSPS) is 14.2. The molecule has 316 valence electrons. The summed E-state index contributed by atoms with van der Waals surface area (Å²) in [7, 11) is 0. The van der Waals surface area contributed by atoms with Crippen molar-refractivity contribution in [3.8, 4) is 56.4 Å². The van der Waals surface area contributed by atoms with Crippen molar-refractivity contribution >= 4 is 49.4 Å². The number of anilines is 3. The minimum absolute atomic E-state index is 0.640. The van der Waals surface area contributed by atoms with Crippen LogP contribution in [-0.4, -0.2) is 15.0 Å². The first-order chi connectivity index (χ1) is 33.8. The molecule has 1 heterocycles. The Balaban J connectivity index is 1.12. The van der Waals surface area contributed by atoms with Crippen molar-refractivity contribution in [3.63, 3.8) is 0 Å². The summed E-state index contributed by atoms with van der Waals surface area (Å²) in [6, 6.07) is 87.7. The van der Waals surface area contributed by atoms with Crippen LogP contribution in [0.2, 0.25) is 0 Å². The van der Waals surface area contributed by atoms with Crippen LogP contribution in [0.15, 0.2) is 243 Å². The van der Waals surface area contributed by atoms with Crippen molar-refractivity contribution in [2.45, 2.75) is 5.41 Å². The molecule has 12 aromatic rings. The third-order valence-corrected chi connectivity index (χ3v) is 14.3. The highest BCUT2D eigenvalue weighted by atomic mass is 15.1. The number of hydrogen-bond acceptors (Lipinski definition) is 4. The van der Waals surface area contributed by atoms with Crippen molar-refractivity contribution in [3.05, 3.63) is 265 Å². The molecule has 0 aliphatic heterocycles. The Labute approximate surface area is 394 Å². The van der Waals surface area contributed by atoms with Gasteiger partial charge in [0.15, 0.2) is 17.5 Å². The minimum Gasteiger partial charge on any atom is -0.310 e. The summed E-state index contributed by atoms with van der Waals surface area (Å²) in [4.78, 5) is 18.1. The molecule has 4 heteroatoms. The van der Waals surface area contributed by atoms with Gasteiger partial charge in [-0.1, -0.05) is 200 Å². The maximum atomic E-state index is 5.32. The van der Waals surface area contributed by atoms with Crippen LogP contribution >= 0.6 is 0 Å². The van der Waals surface area contributed by atoms with Gasteiger partial charge in [-0.15, -0.1) is 0 Å². The zero-order valence-electron chi connectivity index (χ0n) is 36.9. The average Bonchev–Trinajstić information content (AvgIpc) is 3.89. The number of para-hydroxylation sites is 2. The molecule has 1 spiro atoms.